The molecule has 0 radical (unpaired) electrons. The Hall–Kier alpha value is -1.82. The lowest BCUT2D eigenvalue weighted by Crippen LogP contribution is -2.15. The number of Topliss-reactive ketones (excluding diaryl/α,β-unsaturated/α-hetero) is 1. The lowest BCUT2D eigenvalue weighted by Gasteiger charge is -2.08. The molecule has 6 heteroatoms. The van der Waals surface area contributed by atoms with E-state index >= 15 is 0 Å². The molecule has 0 bridgehead atoms. The quantitative estimate of drug-likeness (QED) is 0.272. The number of ketones is 1. The minimum absolute atomic E-state index is 0.107. The van der Waals surface area contributed by atoms with Gasteiger partial charge in [0, 0.05) is 25.3 Å². The SMILES string of the molecule is O=C(CSc1cccc2cccc(Cl)c12)OCC(=O)c1cccc(Br)c1. The van der Waals surface area contributed by atoms with Crippen LogP contribution in [0.5, 0.6) is 0 Å². The Balaban J connectivity index is 1.59. The van der Waals surface area contributed by atoms with Gasteiger partial charge in [0.2, 0.25) is 0 Å². The molecule has 0 aliphatic rings. The largest absolute Gasteiger partial charge is 0.457 e. The number of carbonyl (C=O) groups excluding carboxylic acids is 2. The van der Waals surface area contributed by atoms with Crippen molar-refractivity contribution in [1.29, 1.82) is 0 Å². The Morgan fingerprint density at radius 3 is 2.54 bits per heavy atom. The van der Waals surface area contributed by atoms with Gasteiger partial charge in [0.15, 0.2) is 12.4 Å². The fourth-order valence-corrected chi connectivity index (χ4v) is 4.09. The van der Waals surface area contributed by atoms with E-state index in [1.807, 2.05) is 42.5 Å². The summed E-state index contributed by atoms with van der Waals surface area (Å²) < 4.78 is 5.91. The fourth-order valence-electron chi connectivity index (χ4n) is 2.45. The van der Waals surface area contributed by atoms with Crippen molar-refractivity contribution < 1.29 is 14.3 Å². The molecule has 0 aliphatic carbocycles. The minimum atomic E-state index is -0.442. The second kappa shape index (κ2) is 8.71. The van der Waals surface area contributed by atoms with Crippen LogP contribution in [0.3, 0.4) is 0 Å². The average molecular weight is 450 g/mol. The Bertz CT molecular complexity index is 969. The molecule has 3 rings (SSSR count). The van der Waals surface area contributed by atoms with Crippen molar-refractivity contribution >= 4 is 61.8 Å². The van der Waals surface area contributed by atoms with Crippen LogP contribution in [0.15, 0.2) is 70.0 Å². The van der Waals surface area contributed by atoms with Gasteiger partial charge in [-0.15, -0.1) is 11.8 Å². The fraction of sp³-hybridized carbons (Fsp3) is 0.100. The average Bonchev–Trinajstić information content (AvgIpc) is 2.64. The summed E-state index contributed by atoms with van der Waals surface area (Å²) in [6.07, 6.45) is 0. The molecule has 0 saturated carbocycles. The summed E-state index contributed by atoms with van der Waals surface area (Å²) in [6, 6.07) is 18.5. The molecule has 3 aromatic rings. The van der Waals surface area contributed by atoms with Crippen LogP contribution in [-0.2, 0) is 9.53 Å². The van der Waals surface area contributed by atoms with E-state index < -0.39 is 5.97 Å². The van der Waals surface area contributed by atoms with E-state index in [1.54, 1.807) is 18.2 Å². The van der Waals surface area contributed by atoms with Crippen LogP contribution in [0.2, 0.25) is 5.02 Å². The van der Waals surface area contributed by atoms with Crippen molar-refractivity contribution in [1.82, 2.24) is 0 Å². The molecule has 3 aromatic carbocycles. The second-order valence-electron chi connectivity index (χ2n) is 5.48. The zero-order valence-corrected chi connectivity index (χ0v) is 16.7. The third-order valence-electron chi connectivity index (χ3n) is 3.67. The van der Waals surface area contributed by atoms with Crippen LogP contribution >= 0.6 is 39.3 Å². The van der Waals surface area contributed by atoms with Gasteiger partial charge < -0.3 is 4.74 Å². The molecule has 3 nitrogen and oxygen atoms in total. The first-order chi connectivity index (χ1) is 12.5. The number of hydrogen-bond donors (Lipinski definition) is 0. The molecule has 0 aromatic heterocycles. The maximum absolute atomic E-state index is 12.1. The van der Waals surface area contributed by atoms with Gasteiger partial charge in [-0.1, -0.05) is 63.9 Å². The molecule has 0 atom stereocenters. The smallest absolute Gasteiger partial charge is 0.316 e. The van der Waals surface area contributed by atoms with Gasteiger partial charge in [-0.25, -0.2) is 0 Å². The first kappa shape index (κ1) is 19.0. The molecular weight excluding hydrogens is 436 g/mol. The molecule has 132 valence electrons. The molecule has 0 saturated heterocycles. The van der Waals surface area contributed by atoms with Gasteiger partial charge in [-0.3, -0.25) is 9.59 Å². The van der Waals surface area contributed by atoms with Gasteiger partial charge in [-0.2, -0.15) is 0 Å². The third-order valence-corrected chi connectivity index (χ3v) is 5.51. The van der Waals surface area contributed by atoms with Gasteiger partial charge in [0.1, 0.15) is 0 Å². The highest BCUT2D eigenvalue weighted by molar-refractivity contribution is 9.10. The van der Waals surface area contributed by atoms with Crippen molar-refractivity contribution in [3.8, 4) is 0 Å². The Kier molecular flexibility index (Phi) is 6.35. The van der Waals surface area contributed by atoms with Crippen molar-refractivity contribution in [2.75, 3.05) is 12.4 Å². The summed E-state index contributed by atoms with van der Waals surface area (Å²) >= 11 is 10.9. The van der Waals surface area contributed by atoms with Crippen LogP contribution in [0, 0.1) is 0 Å². The standard InChI is InChI=1S/C20H14BrClO3S/c21-15-7-1-6-14(10-15)17(23)11-25-19(24)12-26-18-9-3-5-13-4-2-8-16(22)20(13)18/h1-10H,11-12H2. The number of halogens is 2. The topological polar surface area (TPSA) is 43.4 Å². The number of benzene rings is 3. The van der Waals surface area contributed by atoms with Gasteiger partial charge in [0.05, 0.1) is 5.75 Å². The van der Waals surface area contributed by atoms with Gasteiger partial charge >= 0.3 is 5.97 Å². The molecule has 0 N–H and O–H groups in total. The number of fused-ring (bicyclic) bond motifs is 1. The van der Waals surface area contributed by atoms with Crippen LogP contribution in [0.1, 0.15) is 10.4 Å². The van der Waals surface area contributed by atoms with Crippen LogP contribution in [0.25, 0.3) is 10.8 Å². The van der Waals surface area contributed by atoms with Crippen molar-refractivity contribution in [3.63, 3.8) is 0 Å². The summed E-state index contributed by atoms with van der Waals surface area (Å²) in [5, 5.41) is 2.57. The van der Waals surface area contributed by atoms with Gasteiger partial charge in [-0.05, 0) is 29.7 Å². The zero-order chi connectivity index (χ0) is 18.5. The van der Waals surface area contributed by atoms with E-state index in [2.05, 4.69) is 15.9 Å². The first-order valence-corrected chi connectivity index (χ1v) is 9.94. The second-order valence-corrected chi connectivity index (χ2v) is 7.82. The Morgan fingerprint density at radius 1 is 1.04 bits per heavy atom. The van der Waals surface area contributed by atoms with E-state index in [0.29, 0.717) is 10.6 Å². The normalized spacial score (nSPS) is 10.7. The predicted octanol–water partition coefficient (Wildman–Crippen LogP) is 5.77. The number of rotatable bonds is 6. The molecule has 0 unspecified atom stereocenters. The van der Waals surface area contributed by atoms with E-state index in [0.717, 1.165) is 20.1 Å². The molecule has 0 heterocycles. The summed E-state index contributed by atoms with van der Waals surface area (Å²) in [6.45, 7) is -0.272. The minimum Gasteiger partial charge on any atom is -0.457 e. The Morgan fingerprint density at radius 2 is 1.77 bits per heavy atom. The van der Waals surface area contributed by atoms with E-state index in [9.17, 15) is 9.59 Å². The zero-order valence-electron chi connectivity index (χ0n) is 13.6. The van der Waals surface area contributed by atoms with Crippen molar-refractivity contribution in [3.05, 3.63) is 75.7 Å². The summed E-state index contributed by atoms with van der Waals surface area (Å²) in [5.74, 6) is -0.573. The monoisotopic (exact) mass is 448 g/mol. The number of hydrogen-bond acceptors (Lipinski definition) is 4. The molecule has 0 aliphatic heterocycles. The summed E-state index contributed by atoms with van der Waals surface area (Å²) in [4.78, 5) is 25.0. The molecular formula is C20H14BrClO3S. The highest BCUT2D eigenvalue weighted by Gasteiger charge is 2.12. The molecule has 26 heavy (non-hydrogen) atoms. The number of carbonyl (C=O) groups is 2. The van der Waals surface area contributed by atoms with E-state index in [4.69, 9.17) is 16.3 Å². The highest BCUT2D eigenvalue weighted by Crippen LogP contribution is 2.33. The van der Waals surface area contributed by atoms with Crippen LogP contribution < -0.4 is 0 Å². The summed E-state index contributed by atoms with van der Waals surface area (Å²) in [7, 11) is 0. The Labute approximate surface area is 168 Å². The first-order valence-electron chi connectivity index (χ1n) is 7.79. The maximum atomic E-state index is 12.1. The molecule has 0 amide bonds. The number of thioether (sulfide) groups is 1. The lowest BCUT2D eigenvalue weighted by atomic mass is 10.1. The van der Waals surface area contributed by atoms with Crippen LogP contribution in [-0.4, -0.2) is 24.1 Å². The predicted molar refractivity (Wildman–Crippen MR) is 109 cm³/mol. The molecule has 0 spiro atoms. The van der Waals surface area contributed by atoms with Crippen LogP contribution in [0.4, 0.5) is 0 Å². The van der Waals surface area contributed by atoms with Crippen molar-refractivity contribution in [2.45, 2.75) is 4.90 Å². The van der Waals surface area contributed by atoms with E-state index in [1.165, 1.54) is 11.8 Å². The summed E-state index contributed by atoms with van der Waals surface area (Å²) in [5.41, 5.74) is 0.501. The third kappa shape index (κ3) is 4.67. The van der Waals surface area contributed by atoms with E-state index in [-0.39, 0.29) is 18.1 Å². The molecule has 0 fully saturated rings. The number of ether oxygens (including phenoxy) is 1. The van der Waals surface area contributed by atoms with Crippen molar-refractivity contribution in [2.24, 2.45) is 0 Å². The van der Waals surface area contributed by atoms with Gasteiger partial charge in [0.25, 0.3) is 0 Å². The maximum Gasteiger partial charge on any atom is 0.316 e. The number of esters is 1. The highest BCUT2D eigenvalue weighted by atomic mass is 79.9. The lowest BCUT2D eigenvalue weighted by molar-refractivity contribution is -0.139.